The quantitative estimate of drug-likeness (QED) is 0.908. The van der Waals surface area contributed by atoms with Crippen LogP contribution in [0, 0.1) is 6.92 Å². The first-order valence-electron chi connectivity index (χ1n) is 7.70. The Kier molecular flexibility index (Phi) is 4.18. The van der Waals surface area contributed by atoms with Crippen LogP contribution in [-0.2, 0) is 6.54 Å². The number of aromatic amines is 1. The van der Waals surface area contributed by atoms with Gasteiger partial charge >= 0.3 is 0 Å². The number of rotatable bonds is 4. The van der Waals surface area contributed by atoms with Gasteiger partial charge in [-0.15, -0.1) is 0 Å². The Hall–Kier alpha value is -1.85. The van der Waals surface area contributed by atoms with Crippen LogP contribution in [0.25, 0.3) is 0 Å². The second kappa shape index (κ2) is 6.10. The van der Waals surface area contributed by atoms with Crippen molar-refractivity contribution in [2.45, 2.75) is 38.5 Å². The van der Waals surface area contributed by atoms with Crippen LogP contribution in [0.2, 0.25) is 0 Å². The zero-order valence-electron chi connectivity index (χ0n) is 13.1. The highest BCUT2D eigenvalue weighted by molar-refractivity contribution is 5.22. The van der Waals surface area contributed by atoms with E-state index in [1.165, 1.54) is 0 Å². The van der Waals surface area contributed by atoms with E-state index in [0.717, 1.165) is 36.6 Å². The van der Waals surface area contributed by atoms with Gasteiger partial charge in [-0.25, -0.2) is 4.98 Å². The summed E-state index contributed by atoms with van der Waals surface area (Å²) >= 11 is 0. The monoisotopic (exact) mass is 301 g/mol. The van der Waals surface area contributed by atoms with E-state index in [4.69, 9.17) is 4.74 Å². The van der Waals surface area contributed by atoms with E-state index in [-0.39, 0.29) is 6.10 Å². The standard InChI is InChI=1S/C17H23N3O2/c1-13-15(19-12-18-13)10-20-9-8-16(17(2,21)11-20)22-14-6-4-3-5-7-14/h3-7,12,16,21H,8-11H2,1-2H3,(H,18,19)/t16-,17-/m0/s1. The largest absolute Gasteiger partial charge is 0.487 e. The Bertz CT molecular complexity index is 609. The Morgan fingerprint density at radius 1 is 1.41 bits per heavy atom. The van der Waals surface area contributed by atoms with Crippen LogP contribution < -0.4 is 4.74 Å². The van der Waals surface area contributed by atoms with Crippen molar-refractivity contribution < 1.29 is 9.84 Å². The van der Waals surface area contributed by atoms with Gasteiger partial charge in [0.25, 0.3) is 0 Å². The molecule has 1 fully saturated rings. The van der Waals surface area contributed by atoms with Crippen molar-refractivity contribution in [3.05, 3.63) is 48.0 Å². The molecule has 5 heteroatoms. The van der Waals surface area contributed by atoms with Crippen LogP contribution in [0.5, 0.6) is 5.75 Å². The van der Waals surface area contributed by atoms with Crippen molar-refractivity contribution in [2.24, 2.45) is 0 Å². The second-order valence-corrected chi connectivity index (χ2v) is 6.25. The number of H-pyrrole nitrogens is 1. The average molecular weight is 301 g/mol. The van der Waals surface area contributed by atoms with Crippen LogP contribution >= 0.6 is 0 Å². The number of aromatic nitrogens is 2. The normalized spacial score (nSPS) is 26.0. The molecule has 0 amide bonds. The van der Waals surface area contributed by atoms with Gasteiger partial charge in [-0.3, -0.25) is 4.90 Å². The predicted octanol–water partition coefficient (Wildman–Crippen LogP) is 2.12. The lowest BCUT2D eigenvalue weighted by Crippen LogP contribution is -2.56. The summed E-state index contributed by atoms with van der Waals surface area (Å²) < 4.78 is 5.98. The molecule has 1 aromatic heterocycles. The fraction of sp³-hybridized carbons (Fsp3) is 0.471. The van der Waals surface area contributed by atoms with Crippen LogP contribution in [0.4, 0.5) is 0 Å². The van der Waals surface area contributed by atoms with Crippen LogP contribution in [0.1, 0.15) is 24.7 Å². The average Bonchev–Trinajstić information content (AvgIpc) is 2.88. The number of hydrogen-bond acceptors (Lipinski definition) is 4. The number of benzene rings is 1. The number of aryl methyl sites for hydroxylation is 1. The summed E-state index contributed by atoms with van der Waals surface area (Å²) in [6, 6.07) is 9.70. The molecule has 2 heterocycles. The highest BCUT2D eigenvalue weighted by Crippen LogP contribution is 2.27. The fourth-order valence-electron chi connectivity index (χ4n) is 2.99. The Balaban J connectivity index is 1.63. The van der Waals surface area contributed by atoms with E-state index in [1.54, 1.807) is 6.33 Å². The number of β-amino-alcohol motifs (C(OH)–C–C–N with tert-alkyl or cyclic N) is 1. The van der Waals surface area contributed by atoms with Gasteiger partial charge in [-0.2, -0.15) is 0 Å². The van der Waals surface area contributed by atoms with E-state index in [9.17, 15) is 5.11 Å². The minimum atomic E-state index is -0.877. The van der Waals surface area contributed by atoms with Gasteiger partial charge in [-0.05, 0) is 32.4 Å². The smallest absolute Gasteiger partial charge is 0.129 e. The number of aliphatic hydroxyl groups is 1. The summed E-state index contributed by atoms with van der Waals surface area (Å²) in [7, 11) is 0. The van der Waals surface area contributed by atoms with Crippen molar-refractivity contribution in [3.8, 4) is 5.75 Å². The third kappa shape index (κ3) is 3.31. The van der Waals surface area contributed by atoms with Gasteiger partial charge in [0.05, 0.1) is 12.0 Å². The van der Waals surface area contributed by atoms with Crippen molar-refractivity contribution in [1.29, 1.82) is 0 Å². The first-order chi connectivity index (χ1) is 10.5. The molecule has 3 rings (SSSR count). The number of nitrogens with one attached hydrogen (secondary N) is 1. The molecule has 1 saturated heterocycles. The van der Waals surface area contributed by atoms with Gasteiger partial charge in [0, 0.05) is 25.3 Å². The maximum atomic E-state index is 10.8. The highest BCUT2D eigenvalue weighted by atomic mass is 16.5. The minimum absolute atomic E-state index is 0.188. The third-order valence-electron chi connectivity index (χ3n) is 4.27. The molecule has 5 nitrogen and oxygen atoms in total. The van der Waals surface area contributed by atoms with Crippen molar-refractivity contribution >= 4 is 0 Å². The molecule has 0 unspecified atom stereocenters. The number of ether oxygens (including phenoxy) is 1. The van der Waals surface area contributed by atoms with Crippen molar-refractivity contribution in [1.82, 2.24) is 14.9 Å². The molecule has 1 aliphatic heterocycles. The Labute approximate surface area is 130 Å². The van der Waals surface area contributed by atoms with E-state index in [0.29, 0.717) is 6.54 Å². The molecule has 0 aliphatic carbocycles. The summed E-state index contributed by atoms with van der Waals surface area (Å²) in [5, 5.41) is 10.8. The summed E-state index contributed by atoms with van der Waals surface area (Å²) in [6.07, 6.45) is 2.32. The number of nitrogens with zero attached hydrogens (tertiary/aromatic N) is 2. The number of hydrogen-bond donors (Lipinski definition) is 2. The van der Waals surface area contributed by atoms with Gasteiger partial charge < -0.3 is 14.8 Å². The predicted molar refractivity (Wildman–Crippen MR) is 84.7 cm³/mol. The maximum Gasteiger partial charge on any atom is 0.129 e. The van der Waals surface area contributed by atoms with Gasteiger partial charge in [0.2, 0.25) is 0 Å². The van der Waals surface area contributed by atoms with E-state index < -0.39 is 5.60 Å². The lowest BCUT2D eigenvalue weighted by atomic mass is 9.91. The molecular weight excluding hydrogens is 278 g/mol. The summed E-state index contributed by atoms with van der Waals surface area (Å²) in [6.45, 7) is 6.09. The molecule has 0 spiro atoms. The van der Waals surface area contributed by atoms with Crippen LogP contribution in [0.3, 0.4) is 0 Å². The summed E-state index contributed by atoms with van der Waals surface area (Å²) in [5.74, 6) is 0.810. The van der Waals surface area contributed by atoms with Crippen molar-refractivity contribution in [3.63, 3.8) is 0 Å². The number of imidazole rings is 1. The molecule has 118 valence electrons. The topological polar surface area (TPSA) is 61.4 Å². The summed E-state index contributed by atoms with van der Waals surface area (Å²) in [5.41, 5.74) is 1.25. The lowest BCUT2D eigenvalue weighted by molar-refractivity contribution is -0.0995. The van der Waals surface area contributed by atoms with E-state index in [1.807, 2.05) is 44.2 Å². The zero-order chi connectivity index (χ0) is 15.6. The first kappa shape index (κ1) is 15.1. The van der Waals surface area contributed by atoms with E-state index in [2.05, 4.69) is 14.9 Å². The Morgan fingerprint density at radius 2 is 2.18 bits per heavy atom. The van der Waals surface area contributed by atoms with E-state index >= 15 is 0 Å². The fourth-order valence-corrected chi connectivity index (χ4v) is 2.99. The van der Waals surface area contributed by atoms with Gasteiger partial charge in [-0.1, -0.05) is 18.2 Å². The molecule has 1 aliphatic rings. The third-order valence-corrected chi connectivity index (χ3v) is 4.27. The van der Waals surface area contributed by atoms with Crippen LogP contribution in [-0.4, -0.2) is 44.8 Å². The zero-order valence-corrected chi connectivity index (χ0v) is 13.1. The van der Waals surface area contributed by atoms with Gasteiger partial charge in [0.1, 0.15) is 17.5 Å². The molecule has 1 aromatic carbocycles. The first-order valence-corrected chi connectivity index (χ1v) is 7.70. The number of likely N-dealkylation sites (tertiary alicyclic amines) is 1. The van der Waals surface area contributed by atoms with Gasteiger partial charge in [0.15, 0.2) is 0 Å². The number of para-hydroxylation sites is 1. The molecule has 2 aromatic rings. The SMILES string of the molecule is Cc1[nH]cnc1CN1CC[C@H](Oc2ccccc2)[C@@](C)(O)C1. The van der Waals surface area contributed by atoms with Crippen molar-refractivity contribution in [2.75, 3.05) is 13.1 Å². The molecule has 0 radical (unpaired) electrons. The molecule has 2 atom stereocenters. The molecule has 2 N–H and O–H groups in total. The lowest BCUT2D eigenvalue weighted by Gasteiger charge is -2.42. The Morgan fingerprint density at radius 3 is 2.82 bits per heavy atom. The second-order valence-electron chi connectivity index (χ2n) is 6.25. The molecular formula is C17H23N3O2. The maximum absolute atomic E-state index is 10.8. The summed E-state index contributed by atoms with van der Waals surface area (Å²) in [4.78, 5) is 9.66. The van der Waals surface area contributed by atoms with Crippen LogP contribution in [0.15, 0.2) is 36.7 Å². The highest BCUT2D eigenvalue weighted by Gasteiger charge is 2.39. The molecule has 0 bridgehead atoms. The number of piperidine rings is 1. The minimum Gasteiger partial charge on any atom is -0.487 e. The molecule has 0 saturated carbocycles. The molecule has 22 heavy (non-hydrogen) atoms.